The predicted molar refractivity (Wildman–Crippen MR) is 137 cm³/mol. The Hall–Kier alpha value is -3.03. The Kier molecular flexibility index (Phi) is 7.25. The summed E-state index contributed by atoms with van der Waals surface area (Å²) in [6, 6.07) is 12.1. The molecule has 0 unspecified atom stereocenters. The third-order valence-electron chi connectivity index (χ3n) is 7.19. The number of amides is 1. The second-order valence-electron chi connectivity index (χ2n) is 9.23. The van der Waals surface area contributed by atoms with Crippen LogP contribution < -0.4 is 14.8 Å². The molecule has 35 heavy (non-hydrogen) atoms. The number of aromatic nitrogens is 1. The Balaban J connectivity index is 1.40. The molecule has 2 aliphatic rings. The van der Waals surface area contributed by atoms with E-state index in [1.165, 1.54) is 29.5 Å². The Morgan fingerprint density at radius 3 is 2.77 bits per heavy atom. The van der Waals surface area contributed by atoms with E-state index in [-0.39, 0.29) is 11.9 Å². The van der Waals surface area contributed by atoms with Crippen LogP contribution in [0.5, 0.6) is 11.5 Å². The summed E-state index contributed by atoms with van der Waals surface area (Å²) in [4.78, 5) is 19.4. The molecule has 1 fully saturated rings. The molecule has 0 spiro atoms. The van der Waals surface area contributed by atoms with Crippen LogP contribution in [0.2, 0.25) is 0 Å². The van der Waals surface area contributed by atoms with E-state index in [2.05, 4.69) is 27.3 Å². The normalized spacial score (nSPS) is 17.1. The van der Waals surface area contributed by atoms with Crippen molar-refractivity contribution in [1.29, 1.82) is 0 Å². The summed E-state index contributed by atoms with van der Waals surface area (Å²) in [5.74, 6) is 1.38. The number of hydrogen-bond donors (Lipinski definition) is 2. The molecular weight excluding hydrogens is 442 g/mol. The molecule has 7 heteroatoms. The molecule has 2 heterocycles. The SMILES string of the molecule is CCOc1ccc([C@@H](CNC(=O)c2cccc3c4c([nH]c23)CCCC4)N2CCOCC2)cc1OC. The number of aromatic amines is 1. The average molecular weight is 478 g/mol. The van der Waals surface area contributed by atoms with E-state index in [4.69, 9.17) is 14.2 Å². The minimum Gasteiger partial charge on any atom is -0.493 e. The van der Waals surface area contributed by atoms with Gasteiger partial charge in [-0.15, -0.1) is 0 Å². The van der Waals surface area contributed by atoms with Gasteiger partial charge in [0.25, 0.3) is 5.91 Å². The molecule has 1 atom stereocenters. The molecular formula is C28H35N3O4. The van der Waals surface area contributed by atoms with Crippen molar-refractivity contribution in [2.75, 3.05) is 46.6 Å². The highest BCUT2D eigenvalue weighted by Crippen LogP contribution is 2.33. The first-order valence-electron chi connectivity index (χ1n) is 12.7. The molecule has 5 rings (SSSR count). The van der Waals surface area contributed by atoms with Crippen LogP contribution in [0.3, 0.4) is 0 Å². The number of hydrogen-bond acceptors (Lipinski definition) is 5. The fourth-order valence-corrected chi connectivity index (χ4v) is 5.42. The van der Waals surface area contributed by atoms with Crippen LogP contribution in [0.25, 0.3) is 10.9 Å². The van der Waals surface area contributed by atoms with Crippen LogP contribution in [-0.2, 0) is 17.6 Å². The third-order valence-corrected chi connectivity index (χ3v) is 7.19. The number of carbonyl (C=O) groups is 1. The largest absolute Gasteiger partial charge is 0.493 e. The quantitative estimate of drug-likeness (QED) is 0.507. The van der Waals surface area contributed by atoms with E-state index < -0.39 is 0 Å². The van der Waals surface area contributed by atoms with Gasteiger partial charge in [-0.25, -0.2) is 0 Å². The highest BCUT2D eigenvalue weighted by molar-refractivity contribution is 6.06. The lowest BCUT2D eigenvalue weighted by atomic mass is 9.95. The van der Waals surface area contributed by atoms with Gasteiger partial charge in [0.1, 0.15) is 0 Å². The highest BCUT2D eigenvalue weighted by Gasteiger charge is 2.26. The van der Waals surface area contributed by atoms with Crippen molar-refractivity contribution in [2.45, 2.75) is 38.6 Å². The van der Waals surface area contributed by atoms with Crippen LogP contribution in [0, 0.1) is 0 Å². The van der Waals surface area contributed by atoms with Crippen molar-refractivity contribution in [2.24, 2.45) is 0 Å². The average Bonchev–Trinajstić information content (AvgIpc) is 3.29. The van der Waals surface area contributed by atoms with Crippen molar-refractivity contribution < 1.29 is 19.0 Å². The Bertz CT molecular complexity index is 1180. The van der Waals surface area contributed by atoms with Crippen LogP contribution in [0.4, 0.5) is 0 Å². The molecule has 2 aromatic carbocycles. The van der Waals surface area contributed by atoms with Gasteiger partial charge in [0, 0.05) is 30.7 Å². The molecule has 1 saturated heterocycles. The Labute approximate surface area is 206 Å². The van der Waals surface area contributed by atoms with Crippen LogP contribution >= 0.6 is 0 Å². The fraction of sp³-hybridized carbons (Fsp3) is 0.464. The molecule has 1 aromatic heterocycles. The minimum atomic E-state index is -0.0506. The molecule has 1 amide bonds. The van der Waals surface area contributed by atoms with Gasteiger partial charge in [-0.05, 0) is 61.9 Å². The van der Waals surface area contributed by atoms with Crippen molar-refractivity contribution in [3.63, 3.8) is 0 Å². The minimum absolute atomic E-state index is 0.00322. The predicted octanol–water partition coefficient (Wildman–Crippen LogP) is 4.26. The second kappa shape index (κ2) is 10.7. The van der Waals surface area contributed by atoms with Gasteiger partial charge in [-0.2, -0.15) is 0 Å². The first kappa shape index (κ1) is 23.7. The number of nitrogens with one attached hydrogen (secondary N) is 2. The van der Waals surface area contributed by atoms with Gasteiger partial charge in [0.15, 0.2) is 11.5 Å². The summed E-state index contributed by atoms with van der Waals surface area (Å²) in [6.07, 6.45) is 4.56. The number of H-pyrrole nitrogens is 1. The number of benzene rings is 2. The van der Waals surface area contributed by atoms with Crippen molar-refractivity contribution >= 4 is 16.8 Å². The molecule has 3 aromatic rings. The number of nitrogens with zero attached hydrogens (tertiary/aromatic N) is 1. The monoisotopic (exact) mass is 477 g/mol. The van der Waals surface area contributed by atoms with E-state index in [0.29, 0.717) is 37.7 Å². The van der Waals surface area contributed by atoms with Crippen molar-refractivity contribution in [3.8, 4) is 11.5 Å². The smallest absolute Gasteiger partial charge is 0.253 e. The zero-order valence-corrected chi connectivity index (χ0v) is 20.7. The first-order chi connectivity index (χ1) is 17.2. The van der Waals surface area contributed by atoms with Gasteiger partial charge in [-0.1, -0.05) is 18.2 Å². The maximum Gasteiger partial charge on any atom is 0.253 e. The maximum absolute atomic E-state index is 13.4. The standard InChI is InChI=1S/C28H35N3O4/c1-3-35-25-12-11-19(17-26(25)33-2)24(31-13-15-34-16-14-31)18-29-28(32)22-9-6-8-21-20-7-4-5-10-23(20)30-27(21)22/h6,8-9,11-12,17,24,30H,3-5,7,10,13-16,18H2,1-2H3,(H,29,32)/t24-/m1/s1. The molecule has 0 radical (unpaired) electrons. The topological polar surface area (TPSA) is 75.8 Å². The lowest BCUT2D eigenvalue weighted by Crippen LogP contribution is -2.43. The Morgan fingerprint density at radius 2 is 1.97 bits per heavy atom. The molecule has 0 bridgehead atoms. The first-order valence-corrected chi connectivity index (χ1v) is 12.7. The molecule has 1 aliphatic carbocycles. The van der Waals surface area contributed by atoms with E-state index in [1.54, 1.807) is 7.11 Å². The fourth-order valence-electron chi connectivity index (χ4n) is 5.42. The molecule has 0 saturated carbocycles. The maximum atomic E-state index is 13.4. The molecule has 2 N–H and O–H groups in total. The molecule has 186 valence electrons. The number of rotatable bonds is 8. The summed E-state index contributed by atoms with van der Waals surface area (Å²) in [5.41, 5.74) is 5.43. The van der Waals surface area contributed by atoms with Gasteiger partial charge >= 0.3 is 0 Å². The summed E-state index contributed by atoms with van der Waals surface area (Å²) in [5, 5.41) is 4.42. The lowest BCUT2D eigenvalue weighted by Gasteiger charge is -2.35. The van der Waals surface area contributed by atoms with Crippen LogP contribution in [-0.4, -0.2) is 62.4 Å². The number of fused-ring (bicyclic) bond motifs is 3. The van der Waals surface area contributed by atoms with E-state index in [1.807, 2.05) is 31.2 Å². The van der Waals surface area contributed by atoms with Gasteiger partial charge in [-0.3, -0.25) is 9.69 Å². The van der Waals surface area contributed by atoms with Gasteiger partial charge < -0.3 is 24.5 Å². The van der Waals surface area contributed by atoms with Crippen LogP contribution in [0.1, 0.15) is 53.0 Å². The van der Waals surface area contributed by atoms with Gasteiger partial charge in [0.05, 0.1) is 44.1 Å². The van der Waals surface area contributed by atoms with E-state index in [0.717, 1.165) is 42.8 Å². The number of para-hydroxylation sites is 1. The number of carbonyl (C=O) groups excluding carboxylic acids is 1. The number of aryl methyl sites for hydroxylation is 2. The van der Waals surface area contributed by atoms with Crippen molar-refractivity contribution in [3.05, 3.63) is 58.8 Å². The van der Waals surface area contributed by atoms with E-state index >= 15 is 0 Å². The summed E-state index contributed by atoms with van der Waals surface area (Å²) in [7, 11) is 1.66. The summed E-state index contributed by atoms with van der Waals surface area (Å²) < 4.78 is 16.9. The number of ether oxygens (including phenoxy) is 3. The number of methoxy groups -OCH3 is 1. The number of morpholine rings is 1. The van der Waals surface area contributed by atoms with E-state index in [9.17, 15) is 4.79 Å². The third kappa shape index (κ3) is 4.88. The summed E-state index contributed by atoms with van der Waals surface area (Å²) in [6.45, 7) is 6.03. The van der Waals surface area contributed by atoms with Gasteiger partial charge in [0.2, 0.25) is 0 Å². The zero-order valence-electron chi connectivity index (χ0n) is 20.7. The van der Waals surface area contributed by atoms with Crippen molar-refractivity contribution in [1.82, 2.24) is 15.2 Å². The Morgan fingerprint density at radius 1 is 1.14 bits per heavy atom. The van der Waals surface area contributed by atoms with Crippen LogP contribution in [0.15, 0.2) is 36.4 Å². The molecule has 1 aliphatic heterocycles. The summed E-state index contributed by atoms with van der Waals surface area (Å²) >= 11 is 0. The molecule has 7 nitrogen and oxygen atoms in total. The zero-order chi connectivity index (χ0) is 24.2. The second-order valence-corrected chi connectivity index (χ2v) is 9.23. The highest BCUT2D eigenvalue weighted by atomic mass is 16.5. The lowest BCUT2D eigenvalue weighted by molar-refractivity contribution is 0.0162.